The van der Waals surface area contributed by atoms with E-state index >= 15 is 0 Å². The van der Waals surface area contributed by atoms with Gasteiger partial charge < -0.3 is 10.0 Å². The normalized spacial score (nSPS) is 18.4. The monoisotopic (exact) mass is 301 g/mol. The van der Waals surface area contributed by atoms with Crippen molar-refractivity contribution >= 4 is 28.2 Å². The molecule has 0 aliphatic carbocycles. The first-order valence-corrected chi connectivity index (χ1v) is 7.07. The molecule has 22 heavy (non-hydrogen) atoms. The van der Waals surface area contributed by atoms with Gasteiger partial charge in [0.2, 0.25) is 0 Å². The van der Waals surface area contributed by atoms with Crippen molar-refractivity contribution in [1.29, 1.82) is 0 Å². The van der Waals surface area contributed by atoms with E-state index < -0.39 is 16.8 Å². The van der Waals surface area contributed by atoms with Gasteiger partial charge in [-0.15, -0.1) is 0 Å². The molecular formula is C15H15N3O4. The summed E-state index contributed by atoms with van der Waals surface area (Å²) in [5.74, 6) is -0.497. The standard InChI is InChI=1S/C15H15N3O4/c19-15(20)11-2-1-7-17(9-11)14-13-4-3-12(18(21)22)8-10(13)5-6-16-14/h3-6,8,11H,1-2,7,9H2,(H,19,20). The Morgan fingerprint density at radius 3 is 2.95 bits per heavy atom. The van der Waals surface area contributed by atoms with Crippen molar-refractivity contribution in [3.63, 3.8) is 0 Å². The molecule has 1 aliphatic rings. The second-order valence-electron chi connectivity index (χ2n) is 5.42. The van der Waals surface area contributed by atoms with E-state index in [-0.39, 0.29) is 5.69 Å². The van der Waals surface area contributed by atoms with E-state index in [9.17, 15) is 20.0 Å². The molecule has 7 nitrogen and oxygen atoms in total. The van der Waals surface area contributed by atoms with Crippen molar-refractivity contribution in [3.05, 3.63) is 40.6 Å². The predicted octanol–water partition coefficient (Wildman–Crippen LogP) is 2.44. The number of anilines is 1. The Balaban J connectivity index is 2.00. The maximum Gasteiger partial charge on any atom is 0.308 e. The second-order valence-corrected chi connectivity index (χ2v) is 5.42. The molecule has 0 saturated carbocycles. The van der Waals surface area contributed by atoms with E-state index in [4.69, 9.17) is 0 Å². The lowest BCUT2D eigenvalue weighted by atomic mass is 9.98. The van der Waals surface area contributed by atoms with Gasteiger partial charge >= 0.3 is 5.97 Å². The second kappa shape index (κ2) is 5.59. The summed E-state index contributed by atoms with van der Waals surface area (Å²) in [4.78, 5) is 27.9. The van der Waals surface area contributed by atoms with Crippen molar-refractivity contribution in [2.24, 2.45) is 5.92 Å². The fraction of sp³-hybridized carbons (Fsp3) is 0.333. The lowest BCUT2D eigenvalue weighted by Gasteiger charge is -2.32. The number of aromatic nitrogens is 1. The molecule has 2 heterocycles. The minimum Gasteiger partial charge on any atom is -0.481 e. The van der Waals surface area contributed by atoms with Crippen LogP contribution in [0, 0.1) is 16.0 Å². The minimum absolute atomic E-state index is 0.0340. The molecule has 1 aromatic carbocycles. The van der Waals surface area contributed by atoms with Gasteiger partial charge in [0.25, 0.3) is 5.69 Å². The Morgan fingerprint density at radius 2 is 2.23 bits per heavy atom. The van der Waals surface area contributed by atoms with Gasteiger partial charge in [-0.3, -0.25) is 14.9 Å². The molecule has 1 aromatic heterocycles. The molecule has 1 unspecified atom stereocenters. The van der Waals surface area contributed by atoms with Gasteiger partial charge in [-0.05, 0) is 30.4 Å². The number of nitrogens with zero attached hydrogens (tertiary/aromatic N) is 3. The van der Waals surface area contributed by atoms with Gasteiger partial charge in [-0.2, -0.15) is 0 Å². The summed E-state index contributed by atoms with van der Waals surface area (Å²) in [6, 6.07) is 6.37. The van der Waals surface area contributed by atoms with Gasteiger partial charge in [-0.25, -0.2) is 4.98 Å². The summed E-state index contributed by atoms with van der Waals surface area (Å²) in [6.45, 7) is 1.16. The number of fused-ring (bicyclic) bond motifs is 1. The predicted molar refractivity (Wildman–Crippen MR) is 81.0 cm³/mol. The van der Waals surface area contributed by atoms with Crippen LogP contribution in [0.4, 0.5) is 11.5 Å². The number of aliphatic carboxylic acids is 1. The molecule has 1 saturated heterocycles. The lowest BCUT2D eigenvalue weighted by molar-refractivity contribution is -0.384. The van der Waals surface area contributed by atoms with Crippen molar-refractivity contribution in [2.45, 2.75) is 12.8 Å². The molecule has 3 rings (SSSR count). The molecule has 1 aliphatic heterocycles. The first kappa shape index (κ1) is 14.2. The zero-order chi connectivity index (χ0) is 15.7. The number of carboxylic acid groups (broad SMARTS) is 1. The van der Waals surface area contributed by atoms with E-state index in [0.717, 1.165) is 23.7 Å². The third-order valence-electron chi connectivity index (χ3n) is 4.01. The van der Waals surface area contributed by atoms with Crippen LogP contribution in [0.25, 0.3) is 10.8 Å². The molecule has 7 heteroatoms. The minimum atomic E-state index is -0.791. The summed E-state index contributed by atoms with van der Waals surface area (Å²) >= 11 is 0. The van der Waals surface area contributed by atoms with Gasteiger partial charge in [0, 0.05) is 36.8 Å². The lowest BCUT2D eigenvalue weighted by Crippen LogP contribution is -2.39. The van der Waals surface area contributed by atoms with Crippen molar-refractivity contribution in [2.75, 3.05) is 18.0 Å². The largest absolute Gasteiger partial charge is 0.481 e. The Bertz CT molecular complexity index is 747. The molecule has 0 bridgehead atoms. The topological polar surface area (TPSA) is 96.6 Å². The number of carbonyl (C=O) groups is 1. The van der Waals surface area contributed by atoms with Crippen molar-refractivity contribution in [1.82, 2.24) is 4.98 Å². The molecule has 114 valence electrons. The summed E-state index contributed by atoms with van der Waals surface area (Å²) in [5, 5.41) is 21.6. The van der Waals surface area contributed by atoms with Crippen LogP contribution in [0.3, 0.4) is 0 Å². The van der Waals surface area contributed by atoms with Crippen LogP contribution in [0.1, 0.15) is 12.8 Å². The third kappa shape index (κ3) is 2.57. The summed E-state index contributed by atoms with van der Waals surface area (Å²) < 4.78 is 0. The van der Waals surface area contributed by atoms with E-state index in [1.165, 1.54) is 12.1 Å². The van der Waals surface area contributed by atoms with Crippen LogP contribution in [0.15, 0.2) is 30.5 Å². The molecule has 1 fully saturated rings. The number of rotatable bonds is 3. The summed E-state index contributed by atoms with van der Waals surface area (Å²) in [5.41, 5.74) is 0.0340. The average molecular weight is 301 g/mol. The Morgan fingerprint density at radius 1 is 1.41 bits per heavy atom. The Labute approximate surface area is 126 Å². The third-order valence-corrected chi connectivity index (χ3v) is 4.01. The quantitative estimate of drug-likeness (QED) is 0.691. The fourth-order valence-corrected chi connectivity index (χ4v) is 2.89. The maximum absolute atomic E-state index is 11.2. The maximum atomic E-state index is 11.2. The van der Waals surface area contributed by atoms with Gasteiger partial charge in [-0.1, -0.05) is 0 Å². The number of nitro benzene ring substituents is 1. The number of nitro groups is 1. The van der Waals surface area contributed by atoms with Crippen LogP contribution < -0.4 is 4.90 Å². The smallest absolute Gasteiger partial charge is 0.308 e. The van der Waals surface area contributed by atoms with Crippen LogP contribution >= 0.6 is 0 Å². The molecular weight excluding hydrogens is 286 g/mol. The Hall–Kier alpha value is -2.70. The van der Waals surface area contributed by atoms with Gasteiger partial charge in [0.15, 0.2) is 0 Å². The average Bonchev–Trinajstić information content (AvgIpc) is 2.53. The zero-order valence-electron chi connectivity index (χ0n) is 11.8. The highest BCUT2D eigenvalue weighted by molar-refractivity contribution is 5.93. The van der Waals surface area contributed by atoms with Crippen LogP contribution in [0.2, 0.25) is 0 Å². The summed E-state index contributed by atoms with van der Waals surface area (Å²) in [6.07, 6.45) is 3.07. The molecule has 2 aromatic rings. The van der Waals surface area contributed by atoms with Crippen LogP contribution in [0.5, 0.6) is 0 Å². The van der Waals surface area contributed by atoms with Gasteiger partial charge in [0.1, 0.15) is 5.82 Å². The van der Waals surface area contributed by atoms with Gasteiger partial charge in [0.05, 0.1) is 10.8 Å². The molecule has 0 spiro atoms. The number of pyridine rings is 1. The number of piperidine rings is 1. The number of non-ortho nitro benzene ring substituents is 1. The fourth-order valence-electron chi connectivity index (χ4n) is 2.89. The zero-order valence-corrected chi connectivity index (χ0v) is 11.8. The van der Waals surface area contributed by atoms with E-state index in [1.54, 1.807) is 18.3 Å². The highest BCUT2D eigenvalue weighted by Gasteiger charge is 2.27. The SMILES string of the molecule is O=C(O)C1CCCN(c2nccc3cc([N+](=O)[O-])ccc23)C1. The highest BCUT2D eigenvalue weighted by atomic mass is 16.6. The van der Waals surface area contributed by atoms with Crippen molar-refractivity contribution in [3.8, 4) is 0 Å². The number of benzene rings is 1. The van der Waals surface area contributed by atoms with E-state index in [2.05, 4.69) is 4.98 Å². The number of hydrogen-bond acceptors (Lipinski definition) is 5. The first-order chi connectivity index (χ1) is 10.6. The molecule has 1 N–H and O–H groups in total. The number of hydrogen-bond donors (Lipinski definition) is 1. The van der Waals surface area contributed by atoms with E-state index in [0.29, 0.717) is 18.8 Å². The Kier molecular flexibility index (Phi) is 3.62. The molecule has 1 atom stereocenters. The van der Waals surface area contributed by atoms with E-state index in [1.807, 2.05) is 4.90 Å². The number of carboxylic acids is 1. The van der Waals surface area contributed by atoms with Crippen molar-refractivity contribution < 1.29 is 14.8 Å². The van der Waals surface area contributed by atoms with Crippen LogP contribution in [-0.4, -0.2) is 34.1 Å². The molecule has 0 radical (unpaired) electrons. The summed E-state index contributed by atoms with van der Waals surface area (Å²) in [7, 11) is 0. The highest BCUT2D eigenvalue weighted by Crippen LogP contribution is 2.30. The first-order valence-electron chi connectivity index (χ1n) is 7.07. The molecule has 0 amide bonds. The van der Waals surface area contributed by atoms with Crippen LogP contribution in [-0.2, 0) is 4.79 Å².